The molecular formula is C17H23N3O2. The van der Waals surface area contributed by atoms with Crippen molar-refractivity contribution in [1.82, 2.24) is 14.5 Å². The zero-order chi connectivity index (χ0) is 16.1. The smallest absolute Gasteiger partial charge is 0.223 e. The highest BCUT2D eigenvalue weighted by atomic mass is 16.3. The highest BCUT2D eigenvalue weighted by Gasteiger charge is 2.15. The quantitative estimate of drug-likeness (QED) is 0.888. The third-order valence-electron chi connectivity index (χ3n) is 3.93. The number of aromatic nitrogens is 2. The molecule has 0 amide bonds. The molecule has 0 aliphatic carbocycles. The molecule has 0 bridgehead atoms. The molecule has 0 saturated heterocycles. The highest BCUT2D eigenvalue weighted by Crippen LogP contribution is 2.18. The SMILES string of the molecule is CCN(CC)Cc1c(O)c(=O)cc(C)n1Cc1cccnc1. The van der Waals surface area contributed by atoms with Gasteiger partial charge >= 0.3 is 0 Å². The van der Waals surface area contributed by atoms with Crippen LogP contribution in [0.3, 0.4) is 0 Å². The van der Waals surface area contributed by atoms with Gasteiger partial charge in [0.25, 0.3) is 0 Å². The molecule has 0 radical (unpaired) electrons. The standard InChI is InChI=1S/C17H23N3O2/c1-4-19(5-2)12-15-17(22)16(21)9-13(3)20(15)11-14-7-6-8-18-10-14/h6-10,22H,4-5,11-12H2,1-3H3. The van der Waals surface area contributed by atoms with Crippen LogP contribution >= 0.6 is 0 Å². The summed E-state index contributed by atoms with van der Waals surface area (Å²) in [6, 6.07) is 5.36. The second-order valence-corrected chi connectivity index (χ2v) is 5.35. The van der Waals surface area contributed by atoms with E-state index in [-0.39, 0.29) is 11.2 Å². The van der Waals surface area contributed by atoms with E-state index in [1.54, 1.807) is 12.4 Å². The molecule has 1 N–H and O–H groups in total. The first kappa shape index (κ1) is 16.2. The largest absolute Gasteiger partial charge is 0.503 e. The van der Waals surface area contributed by atoms with Gasteiger partial charge in [0.15, 0.2) is 5.75 Å². The van der Waals surface area contributed by atoms with E-state index in [9.17, 15) is 9.90 Å². The van der Waals surface area contributed by atoms with E-state index in [1.807, 2.05) is 23.6 Å². The maximum atomic E-state index is 11.9. The summed E-state index contributed by atoms with van der Waals surface area (Å²) in [7, 11) is 0. The lowest BCUT2D eigenvalue weighted by molar-refractivity contribution is 0.280. The van der Waals surface area contributed by atoms with E-state index in [0.29, 0.717) is 18.8 Å². The van der Waals surface area contributed by atoms with Crippen LogP contribution in [-0.2, 0) is 13.1 Å². The molecule has 0 aromatic carbocycles. The summed E-state index contributed by atoms with van der Waals surface area (Å²) in [6.45, 7) is 8.90. The lowest BCUT2D eigenvalue weighted by atomic mass is 10.2. The van der Waals surface area contributed by atoms with Gasteiger partial charge in [0, 0.05) is 37.2 Å². The number of aromatic hydroxyl groups is 1. The Morgan fingerprint density at radius 2 is 2.05 bits per heavy atom. The average molecular weight is 301 g/mol. The molecule has 2 rings (SSSR count). The molecule has 0 spiro atoms. The third-order valence-corrected chi connectivity index (χ3v) is 3.93. The van der Waals surface area contributed by atoms with Crippen molar-refractivity contribution in [2.24, 2.45) is 0 Å². The van der Waals surface area contributed by atoms with Gasteiger partial charge in [-0.05, 0) is 31.6 Å². The average Bonchev–Trinajstić information content (AvgIpc) is 2.53. The van der Waals surface area contributed by atoms with Gasteiger partial charge in [-0.15, -0.1) is 0 Å². The van der Waals surface area contributed by atoms with Crippen molar-refractivity contribution in [3.05, 3.63) is 57.8 Å². The van der Waals surface area contributed by atoms with Crippen LogP contribution in [0, 0.1) is 6.92 Å². The van der Waals surface area contributed by atoms with Crippen LogP contribution in [0.15, 0.2) is 35.4 Å². The number of nitrogens with zero attached hydrogens (tertiary/aromatic N) is 3. The van der Waals surface area contributed by atoms with Crippen molar-refractivity contribution in [2.75, 3.05) is 13.1 Å². The van der Waals surface area contributed by atoms with Crippen molar-refractivity contribution in [3.63, 3.8) is 0 Å². The van der Waals surface area contributed by atoms with Crippen molar-refractivity contribution < 1.29 is 5.11 Å². The summed E-state index contributed by atoms with van der Waals surface area (Å²) in [4.78, 5) is 18.2. The molecule has 0 atom stereocenters. The highest BCUT2D eigenvalue weighted by molar-refractivity contribution is 5.31. The molecule has 2 aromatic rings. The Kier molecular flexibility index (Phi) is 5.33. The minimum atomic E-state index is -0.318. The summed E-state index contributed by atoms with van der Waals surface area (Å²) >= 11 is 0. The molecule has 0 saturated carbocycles. The number of rotatable bonds is 6. The summed E-state index contributed by atoms with van der Waals surface area (Å²) in [5.41, 5.74) is 2.22. The van der Waals surface area contributed by atoms with Gasteiger partial charge in [-0.3, -0.25) is 14.7 Å². The minimum absolute atomic E-state index is 0.151. The van der Waals surface area contributed by atoms with Gasteiger partial charge in [-0.25, -0.2) is 0 Å². The fourth-order valence-corrected chi connectivity index (χ4v) is 2.53. The lowest BCUT2D eigenvalue weighted by Gasteiger charge is -2.23. The zero-order valence-electron chi connectivity index (χ0n) is 13.4. The Morgan fingerprint density at radius 3 is 2.64 bits per heavy atom. The maximum absolute atomic E-state index is 11.9. The Labute approximate surface area is 130 Å². The van der Waals surface area contributed by atoms with Crippen LogP contribution in [0.25, 0.3) is 0 Å². The van der Waals surface area contributed by atoms with Crippen molar-refractivity contribution >= 4 is 0 Å². The summed E-state index contributed by atoms with van der Waals surface area (Å²) in [6.07, 6.45) is 3.53. The van der Waals surface area contributed by atoms with Gasteiger partial charge < -0.3 is 9.67 Å². The molecule has 2 aromatic heterocycles. The first-order chi connectivity index (χ1) is 10.6. The van der Waals surface area contributed by atoms with Crippen molar-refractivity contribution in [3.8, 4) is 5.75 Å². The second kappa shape index (κ2) is 7.22. The van der Waals surface area contributed by atoms with Crippen LogP contribution in [0.1, 0.15) is 30.8 Å². The molecule has 0 aliphatic heterocycles. The van der Waals surface area contributed by atoms with Gasteiger partial charge in [0.1, 0.15) is 0 Å². The predicted octanol–water partition coefficient (Wildman–Crippen LogP) is 2.15. The van der Waals surface area contributed by atoms with Gasteiger partial charge in [-0.2, -0.15) is 0 Å². The van der Waals surface area contributed by atoms with E-state index in [4.69, 9.17) is 0 Å². The van der Waals surface area contributed by atoms with Crippen molar-refractivity contribution in [2.45, 2.75) is 33.9 Å². The minimum Gasteiger partial charge on any atom is -0.503 e. The van der Waals surface area contributed by atoms with Crippen LogP contribution in [0.2, 0.25) is 0 Å². The second-order valence-electron chi connectivity index (χ2n) is 5.35. The van der Waals surface area contributed by atoms with Crippen LogP contribution < -0.4 is 5.43 Å². The molecule has 22 heavy (non-hydrogen) atoms. The normalized spacial score (nSPS) is 11.1. The lowest BCUT2D eigenvalue weighted by Crippen LogP contribution is -2.27. The number of hydrogen-bond acceptors (Lipinski definition) is 4. The fourth-order valence-electron chi connectivity index (χ4n) is 2.53. The van der Waals surface area contributed by atoms with E-state index in [2.05, 4.69) is 23.7 Å². The molecule has 2 heterocycles. The Balaban J connectivity index is 2.47. The Bertz CT molecular complexity index is 676. The predicted molar refractivity (Wildman–Crippen MR) is 87.1 cm³/mol. The Morgan fingerprint density at radius 1 is 1.32 bits per heavy atom. The summed E-state index contributed by atoms with van der Waals surface area (Å²) < 4.78 is 1.99. The number of aryl methyl sites for hydroxylation is 1. The zero-order valence-corrected chi connectivity index (χ0v) is 13.4. The number of hydrogen-bond donors (Lipinski definition) is 1. The molecule has 0 aliphatic rings. The molecule has 5 nitrogen and oxygen atoms in total. The van der Waals surface area contributed by atoms with Gasteiger partial charge in [-0.1, -0.05) is 19.9 Å². The molecule has 0 unspecified atom stereocenters. The molecule has 118 valence electrons. The first-order valence-electron chi connectivity index (χ1n) is 7.60. The van der Waals surface area contributed by atoms with Crippen LogP contribution in [0.5, 0.6) is 5.75 Å². The topological polar surface area (TPSA) is 58.4 Å². The monoisotopic (exact) mass is 301 g/mol. The van der Waals surface area contributed by atoms with Gasteiger partial charge in [0.2, 0.25) is 5.43 Å². The van der Waals surface area contributed by atoms with E-state index < -0.39 is 0 Å². The molecule has 5 heteroatoms. The van der Waals surface area contributed by atoms with E-state index >= 15 is 0 Å². The summed E-state index contributed by atoms with van der Waals surface area (Å²) in [5, 5.41) is 10.2. The van der Waals surface area contributed by atoms with E-state index in [1.165, 1.54) is 6.07 Å². The van der Waals surface area contributed by atoms with Crippen LogP contribution in [-0.4, -0.2) is 32.6 Å². The van der Waals surface area contributed by atoms with Crippen molar-refractivity contribution in [1.29, 1.82) is 0 Å². The van der Waals surface area contributed by atoms with Gasteiger partial charge in [0.05, 0.1) is 5.69 Å². The fraction of sp³-hybridized carbons (Fsp3) is 0.412. The number of pyridine rings is 2. The van der Waals surface area contributed by atoms with Crippen LogP contribution in [0.4, 0.5) is 0 Å². The molecule has 0 fully saturated rings. The van der Waals surface area contributed by atoms with E-state index in [0.717, 1.165) is 24.3 Å². The molecular weight excluding hydrogens is 278 g/mol. The first-order valence-corrected chi connectivity index (χ1v) is 7.60. The third kappa shape index (κ3) is 3.54. The maximum Gasteiger partial charge on any atom is 0.223 e. The summed E-state index contributed by atoms with van der Waals surface area (Å²) in [5.74, 6) is -0.151. The Hall–Kier alpha value is -2.14.